The van der Waals surface area contributed by atoms with E-state index < -0.39 is 27.3 Å². The molecule has 0 amide bonds. The Kier molecular flexibility index (Phi) is 3.42. The van der Waals surface area contributed by atoms with Gasteiger partial charge in [-0.05, 0) is 18.2 Å². The van der Waals surface area contributed by atoms with Crippen LogP contribution in [0.25, 0.3) is 16.9 Å². The summed E-state index contributed by atoms with van der Waals surface area (Å²) in [5.74, 6) is -2.10. The van der Waals surface area contributed by atoms with Crippen LogP contribution < -0.4 is 5.11 Å². The van der Waals surface area contributed by atoms with E-state index in [1.54, 1.807) is 42.5 Å². The van der Waals surface area contributed by atoms with Crippen molar-refractivity contribution >= 4 is 15.8 Å². The van der Waals surface area contributed by atoms with Crippen LogP contribution in [-0.4, -0.2) is 24.2 Å². The predicted molar refractivity (Wildman–Crippen MR) is 88.9 cm³/mol. The highest BCUT2D eigenvalue weighted by Crippen LogP contribution is 2.41. The van der Waals surface area contributed by atoms with Crippen LogP contribution in [0.1, 0.15) is 21.6 Å². The molecule has 0 unspecified atom stereocenters. The maximum absolute atomic E-state index is 12.7. The van der Waals surface area contributed by atoms with Gasteiger partial charge in [-0.25, -0.2) is 13.1 Å². The molecule has 0 radical (unpaired) electrons. The van der Waals surface area contributed by atoms with Crippen molar-refractivity contribution in [1.82, 2.24) is 9.78 Å². The fraction of sp³-hybridized carbons (Fsp3) is 0.0556. The number of aromatic carboxylic acids is 1. The lowest BCUT2D eigenvalue weighted by atomic mass is 10.0. The molecule has 4 rings (SSSR count). The summed E-state index contributed by atoms with van der Waals surface area (Å²) in [7, 11) is -3.89. The number of carboxylic acids is 1. The maximum atomic E-state index is 12.7. The van der Waals surface area contributed by atoms with E-state index in [0.29, 0.717) is 11.4 Å². The Hall–Kier alpha value is -3.44. The molecule has 0 spiro atoms. The van der Waals surface area contributed by atoms with Gasteiger partial charge in [0.05, 0.1) is 33.6 Å². The molecule has 8 heteroatoms. The van der Waals surface area contributed by atoms with Crippen molar-refractivity contribution in [1.29, 1.82) is 5.26 Å². The van der Waals surface area contributed by atoms with Crippen molar-refractivity contribution in [3.05, 3.63) is 65.4 Å². The van der Waals surface area contributed by atoms with Crippen LogP contribution in [0, 0.1) is 11.3 Å². The van der Waals surface area contributed by atoms with Gasteiger partial charge in [-0.2, -0.15) is 10.4 Å². The lowest BCUT2D eigenvalue weighted by Crippen LogP contribution is -2.25. The number of aromatic nitrogens is 2. The van der Waals surface area contributed by atoms with Crippen LogP contribution >= 0.6 is 0 Å². The van der Waals surface area contributed by atoms with Crippen molar-refractivity contribution < 1.29 is 18.3 Å². The lowest BCUT2D eigenvalue weighted by molar-refractivity contribution is -0.255. The fourth-order valence-corrected chi connectivity index (χ4v) is 4.94. The van der Waals surface area contributed by atoms with E-state index in [2.05, 4.69) is 5.10 Å². The molecule has 0 saturated heterocycles. The average molecular weight is 364 g/mol. The van der Waals surface area contributed by atoms with E-state index in [1.807, 2.05) is 6.07 Å². The van der Waals surface area contributed by atoms with Crippen LogP contribution in [0.5, 0.6) is 0 Å². The molecule has 7 nitrogen and oxygen atoms in total. The molecular formula is C18H10N3O4S-. The second-order valence-electron chi connectivity index (χ2n) is 5.76. The predicted octanol–water partition coefficient (Wildman–Crippen LogP) is 1.06. The number of rotatable bonds is 2. The third-order valence-electron chi connectivity index (χ3n) is 4.21. The zero-order valence-electron chi connectivity index (χ0n) is 13.2. The topological polar surface area (TPSA) is 116 Å². The molecule has 128 valence electrons. The lowest BCUT2D eigenvalue weighted by Gasteiger charge is -2.20. The monoisotopic (exact) mass is 364 g/mol. The number of carboxylic acid groups (broad SMARTS) is 1. The van der Waals surface area contributed by atoms with Crippen molar-refractivity contribution in [2.45, 2.75) is 10.6 Å². The molecule has 0 aliphatic carbocycles. The molecular weight excluding hydrogens is 354 g/mol. The minimum Gasteiger partial charge on any atom is -0.543 e. The highest BCUT2D eigenvalue weighted by molar-refractivity contribution is 7.91. The molecule has 0 bridgehead atoms. The number of sulfone groups is 1. The quantitative estimate of drug-likeness (QED) is 0.671. The van der Waals surface area contributed by atoms with Crippen LogP contribution in [0.2, 0.25) is 0 Å². The number of hydrogen-bond donors (Lipinski definition) is 0. The Balaban J connectivity index is 2.15. The van der Waals surface area contributed by atoms with Crippen LogP contribution in [0.15, 0.2) is 53.4 Å². The molecule has 0 atom stereocenters. The molecule has 3 aromatic rings. The molecule has 1 aromatic heterocycles. The SMILES string of the molecule is N#Cc1cccc2c1S(=O)(=O)Cc1c(C(=O)[O-])nn(-c3ccccc3)c1-2. The normalized spacial score (nSPS) is 14.1. The van der Waals surface area contributed by atoms with E-state index in [9.17, 15) is 23.6 Å². The van der Waals surface area contributed by atoms with Gasteiger partial charge in [0.1, 0.15) is 11.8 Å². The van der Waals surface area contributed by atoms with Gasteiger partial charge in [0.25, 0.3) is 0 Å². The van der Waals surface area contributed by atoms with E-state index in [-0.39, 0.29) is 21.6 Å². The Morgan fingerprint density at radius 3 is 2.54 bits per heavy atom. The summed E-state index contributed by atoms with van der Waals surface area (Å²) in [6.07, 6.45) is 0. The number of nitrogens with zero attached hydrogens (tertiary/aromatic N) is 3. The van der Waals surface area contributed by atoms with Gasteiger partial charge in [-0.3, -0.25) is 0 Å². The number of carbonyl (C=O) groups is 1. The van der Waals surface area contributed by atoms with Gasteiger partial charge in [0, 0.05) is 11.1 Å². The number of carbonyl (C=O) groups excluding carboxylic acids is 1. The summed E-state index contributed by atoms with van der Waals surface area (Å²) in [4.78, 5) is 11.4. The highest BCUT2D eigenvalue weighted by Gasteiger charge is 2.36. The molecule has 1 aliphatic rings. The minimum absolute atomic E-state index is 0.0176. The minimum atomic E-state index is -3.89. The van der Waals surface area contributed by atoms with Crippen LogP contribution in [0.3, 0.4) is 0 Å². The standard InChI is InChI=1S/C18H11N3O4S/c19-9-11-5-4-8-13-16-14(10-26(24,25)17(11)13)15(18(22)23)20-21(16)12-6-2-1-3-7-12/h1-8H,10H2,(H,22,23)/p-1. The second-order valence-corrected chi connectivity index (χ2v) is 7.69. The molecule has 0 fully saturated rings. The van der Waals surface area contributed by atoms with Gasteiger partial charge in [-0.15, -0.1) is 0 Å². The number of benzene rings is 2. The van der Waals surface area contributed by atoms with E-state index in [4.69, 9.17) is 0 Å². The third kappa shape index (κ3) is 2.22. The number of para-hydroxylation sites is 1. The molecule has 2 aromatic carbocycles. The largest absolute Gasteiger partial charge is 0.543 e. The summed E-state index contributed by atoms with van der Waals surface area (Å²) in [6.45, 7) is 0. The summed E-state index contributed by atoms with van der Waals surface area (Å²) in [5.41, 5.74) is 0.844. The average Bonchev–Trinajstić information content (AvgIpc) is 3.00. The number of hydrogen-bond acceptors (Lipinski definition) is 6. The maximum Gasteiger partial charge on any atom is 0.184 e. The fourth-order valence-electron chi connectivity index (χ4n) is 3.19. The zero-order chi connectivity index (χ0) is 18.5. The first-order chi connectivity index (χ1) is 12.4. The molecule has 0 saturated carbocycles. The first-order valence-corrected chi connectivity index (χ1v) is 9.24. The van der Waals surface area contributed by atoms with Gasteiger partial charge in [-0.1, -0.05) is 30.3 Å². The summed E-state index contributed by atoms with van der Waals surface area (Å²) >= 11 is 0. The first-order valence-electron chi connectivity index (χ1n) is 7.59. The molecule has 26 heavy (non-hydrogen) atoms. The van der Waals surface area contributed by atoms with Crippen molar-refractivity contribution in [2.75, 3.05) is 0 Å². The Bertz CT molecular complexity index is 1210. The van der Waals surface area contributed by atoms with E-state index in [0.717, 1.165) is 0 Å². The summed E-state index contributed by atoms with van der Waals surface area (Å²) in [5, 5.41) is 24.9. The number of fused-ring (bicyclic) bond motifs is 3. The molecule has 1 aliphatic heterocycles. The third-order valence-corrected chi connectivity index (χ3v) is 5.94. The van der Waals surface area contributed by atoms with Gasteiger partial charge >= 0.3 is 0 Å². The van der Waals surface area contributed by atoms with Crippen LogP contribution in [-0.2, 0) is 15.6 Å². The number of nitriles is 1. The Morgan fingerprint density at radius 2 is 1.88 bits per heavy atom. The van der Waals surface area contributed by atoms with Gasteiger partial charge < -0.3 is 9.90 Å². The Labute approximate surface area is 148 Å². The van der Waals surface area contributed by atoms with Crippen molar-refractivity contribution in [3.63, 3.8) is 0 Å². The highest BCUT2D eigenvalue weighted by atomic mass is 32.2. The van der Waals surface area contributed by atoms with Crippen molar-refractivity contribution in [3.8, 4) is 23.0 Å². The summed E-state index contributed by atoms with van der Waals surface area (Å²) < 4.78 is 26.9. The molecule has 0 N–H and O–H groups in total. The van der Waals surface area contributed by atoms with E-state index >= 15 is 0 Å². The second kappa shape index (κ2) is 5.54. The Morgan fingerprint density at radius 1 is 1.15 bits per heavy atom. The first kappa shape index (κ1) is 16.1. The van der Waals surface area contributed by atoms with Crippen LogP contribution in [0.4, 0.5) is 0 Å². The zero-order valence-corrected chi connectivity index (χ0v) is 14.0. The van der Waals surface area contributed by atoms with Gasteiger partial charge in [0.2, 0.25) is 0 Å². The van der Waals surface area contributed by atoms with E-state index in [1.165, 1.54) is 10.7 Å². The van der Waals surface area contributed by atoms with Gasteiger partial charge in [0.15, 0.2) is 9.84 Å². The molecule has 2 heterocycles. The van der Waals surface area contributed by atoms with Crippen molar-refractivity contribution in [2.24, 2.45) is 0 Å². The summed E-state index contributed by atoms with van der Waals surface area (Å²) in [6, 6.07) is 15.2. The smallest absolute Gasteiger partial charge is 0.184 e.